The van der Waals surface area contributed by atoms with Gasteiger partial charge in [-0.2, -0.15) is 4.31 Å². The van der Waals surface area contributed by atoms with Crippen LogP contribution in [-0.2, 0) is 10.0 Å². The van der Waals surface area contributed by atoms with Crippen molar-refractivity contribution in [1.29, 1.82) is 0 Å². The van der Waals surface area contributed by atoms with Crippen molar-refractivity contribution < 1.29 is 27.8 Å². The Hall–Kier alpha value is -2.78. The van der Waals surface area contributed by atoms with E-state index in [2.05, 4.69) is 0 Å². The van der Waals surface area contributed by atoms with Crippen molar-refractivity contribution in [3.05, 3.63) is 47.5 Å². The average Bonchev–Trinajstić information content (AvgIpc) is 3.00. The highest BCUT2D eigenvalue weighted by Gasteiger charge is 2.32. The number of piperazine rings is 1. The van der Waals surface area contributed by atoms with Crippen LogP contribution in [0.4, 0.5) is 0 Å². The second-order valence-corrected chi connectivity index (χ2v) is 9.31. The molecule has 0 spiro atoms. The van der Waals surface area contributed by atoms with Crippen LogP contribution in [0.15, 0.2) is 41.3 Å². The lowest BCUT2D eigenvalue weighted by molar-refractivity contribution is 0.0694. The highest BCUT2D eigenvalue weighted by molar-refractivity contribution is 7.89. The molecule has 1 saturated heterocycles. The fourth-order valence-corrected chi connectivity index (χ4v) is 5.01. The molecule has 30 heavy (non-hydrogen) atoms. The van der Waals surface area contributed by atoms with Crippen molar-refractivity contribution >= 4 is 15.9 Å². The monoisotopic (exact) mass is 432 g/mol. The molecule has 4 rings (SSSR count). The minimum atomic E-state index is -3.73. The largest absolute Gasteiger partial charge is 0.507 e. The molecule has 8 nitrogen and oxygen atoms in total. The number of aryl methyl sites for hydroxylation is 1. The van der Waals surface area contributed by atoms with Crippen molar-refractivity contribution in [3.63, 3.8) is 0 Å². The number of phenolic OH excluding ortho intramolecular Hbond substituents is 1. The second-order valence-electron chi connectivity index (χ2n) is 7.38. The third-order valence-electron chi connectivity index (χ3n) is 5.27. The van der Waals surface area contributed by atoms with Crippen LogP contribution < -0.4 is 9.47 Å². The van der Waals surface area contributed by atoms with Gasteiger partial charge in [0.15, 0.2) is 11.5 Å². The summed E-state index contributed by atoms with van der Waals surface area (Å²) in [5, 5.41) is 10.0. The van der Waals surface area contributed by atoms with E-state index in [1.54, 1.807) is 23.1 Å². The number of aromatic hydroxyl groups is 1. The number of sulfonamides is 1. The van der Waals surface area contributed by atoms with Crippen molar-refractivity contribution in [3.8, 4) is 17.2 Å². The van der Waals surface area contributed by atoms with Gasteiger partial charge in [0.1, 0.15) is 5.75 Å². The molecule has 0 saturated carbocycles. The minimum absolute atomic E-state index is 0.0761. The summed E-state index contributed by atoms with van der Waals surface area (Å²) in [4.78, 5) is 14.5. The molecule has 0 unspecified atom stereocenters. The van der Waals surface area contributed by atoms with Gasteiger partial charge in [0.2, 0.25) is 10.0 Å². The normalized spacial score (nSPS) is 17.4. The van der Waals surface area contributed by atoms with Gasteiger partial charge in [-0.05, 0) is 31.2 Å². The SMILES string of the molecule is Cc1ccc(O)c(C(=O)N2CCN(S(=O)(=O)c3ccc4c(c3)OCCCO4)CC2)c1. The number of benzene rings is 2. The number of nitrogens with zero attached hydrogens (tertiary/aromatic N) is 2. The van der Waals surface area contributed by atoms with E-state index < -0.39 is 10.0 Å². The standard InChI is InChI=1S/C21H24N2O6S/c1-15-3-5-18(24)17(13-15)21(25)22-7-9-23(10-8-22)30(26,27)16-4-6-19-20(14-16)29-12-2-11-28-19/h3-6,13-14,24H,2,7-12H2,1H3. The Balaban J connectivity index is 1.47. The van der Waals surface area contributed by atoms with Gasteiger partial charge in [0.05, 0.1) is 23.7 Å². The number of hydrogen-bond donors (Lipinski definition) is 1. The highest BCUT2D eigenvalue weighted by atomic mass is 32.2. The predicted molar refractivity (Wildman–Crippen MR) is 110 cm³/mol. The number of fused-ring (bicyclic) bond motifs is 1. The molecule has 0 aliphatic carbocycles. The second kappa shape index (κ2) is 8.16. The minimum Gasteiger partial charge on any atom is -0.507 e. The molecule has 0 aromatic heterocycles. The smallest absolute Gasteiger partial charge is 0.257 e. The summed E-state index contributed by atoms with van der Waals surface area (Å²) in [5.41, 5.74) is 1.10. The van der Waals surface area contributed by atoms with Crippen LogP contribution in [0.2, 0.25) is 0 Å². The Morgan fingerprint density at radius 1 is 0.967 bits per heavy atom. The third kappa shape index (κ3) is 3.95. The first-order valence-electron chi connectivity index (χ1n) is 9.85. The molecule has 0 radical (unpaired) electrons. The first kappa shape index (κ1) is 20.5. The maximum Gasteiger partial charge on any atom is 0.257 e. The average molecular weight is 432 g/mol. The summed E-state index contributed by atoms with van der Waals surface area (Å²) in [7, 11) is -3.73. The number of amides is 1. The Bertz CT molecular complexity index is 1060. The molecule has 0 atom stereocenters. The number of hydrogen-bond acceptors (Lipinski definition) is 6. The Labute approximate surface area is 175 Å². The van der Waals surface area contributed by atoms with E-state index in [-0.39, 0.29) is 48.3 Å². The van der Waals surface area contributed by atoms with E-state index in [0.29, 0.717) is 24.7 Å². The fraction of sp³-hybridized carbons (Fsp3) is 0.381. The summed E-state index contributed by atoms with van der Waals surface area (Å²) in [6.07, 6.45) is 0.739. The molecular formula is C21H24N2O6S. The van der Waals surface area contributed by atoms with Crippen LogP contribution in [0.1, 0.15) is 22.3 Å². The first-order valence-corrected chi connectivity index (χ1v) is 11.3. The summed E-state index contributed by atoms with van der Waals surface area (Å²) >= 11 is 0. The fourth-order valence-electron chi connectivity index (χ4n) is 3.58. The lowest BCUT2D eigenvalue weighted by atomic mass is 10.1. The van der Waals surface area contributed by atoms with Gasteiger partial charge in [-0.1, -0.05) is 11.6 Å². The van der Waals surface area contributed by atoms with E-state index in [4.69, 9.17) is 9.47 Å². The van der Waals surface area contributed by atoms with E-state index in [0.717, 1.165) is 12.0 Å². The van der Waals surface area contributed by atoms with Gasteiger partial charge in [-0.25, -0.2) is 8.42 Å². The molecule has 2 aliphatic heterocycles. The molecule has 1 N–H and O–H groups in total. The summed E-state index contributed by atoms with van der Waals surface area (Å²) in [6, 6.07) is 9.50. The lowest BCUT2D eigenvalue weighted by Crippen LogP contribution is -2.50. The van der Waals surface area contributed by atoms with Crippen LogP contribution in [0.25, 0.3) is 0 Å². The van der Waals surface area contributed by atoms with Crippen LogP contribution >= 0.6 is 0 Å². The van der Waals surface area contributed by atoms with Crippen molar-refractivity contribution in [2.45, 2.75) is 18.2 Å². The number of carbonyl (C=O) groups is 1. The van der Waals surface area contributed by atoms with Crippen LogP contribution in [-0.4, -0.2) is 68.0 Å². The Morgan fingerprint density at radius 3 is 2.40 bits per heavy atom. The molecule has 160 valence electrons. The molecular weight excluding hydrogens is 408 g/mol. The molecule has 1 amide bonds. The van der Waals surface area contributed by atoms with E-state index in [9.17, 15) is 18.3 Å². The molecule has 2 aliphatic rings. The zero-order valence-electron chi connectivity index (χ0n) is 16.7. The van der Waals surface area contributed by atoms with Crippen molar-refractivity contribution in [2.75, 3.05) is 39.4 Å². The lowest BCUT2D eigenvalue weighted by Gasteiger charge is -2.34. The predicted octanol–water partition coefficient (Wildman–Crippen LogP) is 2.01. The molecule has 2 aromatic carbocycles. The summed E-state index contributed by atoms with van der Waals surface area (Å²) < 4.78 is 38.7. The number of carbonyl (C=O) groups excluding carboxylic acids is 1. The van der Waals surface area contributed by atoms with Gasteiger partial charge in [-0.15, -0.1) is 0 Å². The highest BCUT2D eigenvalue weighted by Crippen LogP contribution is 2.33. The molecule has 9 heteroatoms. The van der Waals surface area contributed by atoms with E-state index in [1.165, 1.54) is 22.5 Å². The van der Waals surface area contributed by atoms with Gasteiger partial charge in [0.25, 0.3) is 5.91 Å². The third-order valence-corrected chi connectivity index (χ3v) is 7.16. The topological polar surface area (TPSA) is 96.4 Å². The van der Waals surface area contributed by atoms with Gasteiger partial charge < -0.3 is 19.5 Å². The molecule has 1 fully saturated rings. The van der Waals surface area contributed by atoms with Crippen LogP contribution in [0.5, 0.6) is 17.2 Å². The Morgan fingerprint density at radius 2 is 1.67 bits per heavy atom. The van der Waals surface area contributed by atoms with E-state index in [1.807, 2.05) is 6.92 Å². The number of rotatable bonds is 3. The Kier molecular flexibility index (Phi) is 5.57. The van der Waals surface area contributed by atoms with Crippen LogP contribution in [0.3, 0.4) is 0 Å². The van der Waals surface area contributed by atoms with Crippen molar-refractivity contribution in [2.24, 2.45) is 0 Å². The van der Waals surface area contributed by atoms with Crippen LogP contribution in [0, 0.1) is 6.92 Å². The van der Waals surface area contributed by atoms with Crippen molar-refractivity contribution in [1.82, 2.24) is 9.21 Å². The van der Waals surface area contributed by atoms with Gasteiger partial charge >= 0.3 is 0 Å². The first-order chi connectivity index (χ1) is 14.4. The molecule has 0 bridgehead atoms. The molecule has 2 aromatic rings. The van der Waals surface area contributed by atoms with E-state index >= 15 is 0 Å². The zero-order chi connectivity index (χ0) is 21.3. The maximum atomic E-state index is 13.1. The number of ether oxygens (including phenoxy) is 2. The quantitative estimate of drug-likeness (QED) is 0.797. The van der Waals surface area contributed by atoms with Gasteiger partial charge in [-0.3, -0.25) is 4.79 Å². The summed E-state index contributed by atoms with van der Waals surface area (Å²) in [6.45, 7) is 3.70. The maximum absolute atomic E-state index is 13.1. The number of phenols is 1. The zero-order valence-corrected chi connectivity index (χ0v) is 17.5. The molecule has 2 heterocycles. The summed E-state index contributed by atoms with van der Waals surface area (Å²) in [5.74, 6) is 0.591. The van der Waals surface area contributed by atoms with Gasteiger partial charge in [0, 0.05) is 38.7 Å².